The van der Waals surface area contributed by atoms with Gasteiger partial charge in [-0.15, -0.1) is 11.3 Å². The first-order valence-electron chi connectivity index (χ1n) is 8.86. The summed E-state index contributed by atoms with van der Waals surface area (Å²) in [6.45, 7) is 4.26. The van der Waals surface area contributed by atoms with Crippen molar-refractivity contribution in [2.75, 3.05) is 7.11 Å². The second kappa shape index (κ2) is 6.43. The molecule has 1 aromatic carbocycles. The van der Waals surface area contributed by atoms with Crippen LogP contribution in [0.15, 0.2) is 18.2 Å². The van der Waals surface area contributed by atoms with Gasteiger partial charge in [0, 0.05) is 16.1 Å². The summed E-state index contributed by atoms with van der Waals surface area (Å²) >= 11 is 1.71. The number of hydrogen-bond acceptors (Lipinski definition) is 4. The first kappa shape index (κ1) is 17.1. The number of fused-ring (bicyclic) bond motifs is 3. The molecule has 136 valence electrons. The van der Waals surface area contributed by atoms with Crippen LogP contribution in [-0.2, 0) is 24.1 Å². The molecule has 0 bridgehead atoms. The van der Waals surface area contributed by atoms with E-state index in [1.165, 1.54) is 10.6 Å². The molecule has 0 saturated heterocycles. The van der Waals surface area contributed by atoms with Crippen molar-refractivity contribution in [2.45, 2.75) is 39.5 Å². The lowest BCUT2D eigenvalue weighted by atomic mass is 9.93. The third kappa shape index (κ3) is 2.78. The molecule has 5 nitrogen and oxygen atoms in total. The second-order valence-electron chi connectivity index (χ2n) is 7.10. The van der Waals surface area contributed by atoms with Crippen LogP contribution in [0.25, 0.3) is 16.2 Å². The van der Waals surface area contributed by atoms with Crippen molar-refractivity contribution in [3.05, 3.63) is 40.0 Å². The number of carbonyl (C=O) groups is 1. The molecule has 2 aromatic heterocycles. The molecule has 1 aliphatic rings. The quantitative estimate of drug-likeness (QED) is 0.750. The van der Waals surface area contributed by atoms with E-state index in [9.17, 15) is 9.90 Å². The lowest BCUT2D eigenvalue weighted by Gasteiger charge is -2.18. The Bertz CT molecular complexity index is 1000. The molecule has 4 rings (SSSR count). The number of aromatic nitrogens is 2. The van der Waals surface area contributed by atoms with Gasteiger partial charge in [0.1, 0.15) is 5.75 Å². The lowest BCUT2D eigenvalue weighted by Crippen LogP contribution is -2.13. The summed E-state index contributed by atoms with van der Waals surface area (Å²) in [4.78, 5) is 18.6. The van der Waals surface area contributed by atoms with E-state index < -0.39 is 5.97 Å². The number of imidazole rings is 1. The van der Waals surface area contributed by atoms with Crippen molar-refractivity contribution in [3.63, 3.8) is 0 Å². The first-order chi connectivity index (χ1) is 12.5. The highest BCUT2D eigenvalue weighted by atomic mass is 32.1. The fraction of sp³-hybridized carbons (Fsp3) is 0.400. The predicted octanol–water partition coefficient (Wildman–Crippen LogP) is 4.13. The Morgan fingerprint density at radius 3 is 2.96 bits per heavy atom. The molecule has 0 aliphatic heterocycles. The van der Waals surface area contributed by atoms with Crippen LogP contribution in [0.1, 0.15) is 35.2 Å². The van der Waals surface area contributed by atoms with Crippen LogP contribution in [-0.4, -0.2) is 27.6 Å². The minimum Gasteiger partial charge on any atom is -0.496 e. The van der Waals surface area contributed by atoms with Crippen molar-refractivity contribution >= 4 is 22.3 Å². The molecule has 0 radical (unpaired) electrons. The second-order valence-corrected chi connectivity index (χ2v) is 8.16. The third-order valence-corrected chi connectivity index (χ3v) is 6.25. The van der Waals surface area contributed by atoms with Crippen molar-refractivity contribution in [1.29, 1.82) is 0 Å². The van der Waals surface area contributed by atoms with Crippen molar-refractivity contribution in [3.8, 4) is 17.0 Å². The Labute approximate surface area is 156 Å². The fourth-order valence-corrected chi connectivity index (χ4v) is 5.20. The molecule has 3 aromatic rings. The average Bonchev–Trinajstić information content (AvgIpc) is 3.10. The van der Waals surface area contributed by atoms with E-state index in [1.807, 2.05) is 25.1 Å². The molecule has 2 heterocycles. The summed E-state index contributed by atoms with van der Waals surface area (Å²) in [5.41, 5.74) is 4.75. The zero-order valence-electron chi connectivity index (χ0n) is 15.2. The van der Waals surface area contributed by atoms with Gasteiger partial charge in [0.15, 0.2) is 4.96 Å². The highest BCUT2D eigenvalue weighted by Crippen LogP contribution is 2.37. The van der Waals surface area contributed by atoms with Crippen LogP contribution in [0.5, 0.6) is 5.75 Å². The Balaban J connectivity index is 1.91. The average molecular weight is 370 g/mol. The van der Waals surface area contributed by atoms with Crippen LogP contribution in [0.2, 0.25) is 0 Å². The van der Waals surface area contributed by atoms with Gasteiger partial charge >= 0.3 is 5.97 Å². The number of aliphatic carboxylic acids is 1. The largest absolute Gasteiger partial charge is 0.496 e. The van der Waals surface area contributed by atoms with Gasteiger partial charge in [-0.05, 0) is 55.9 Å². The number of methoxy groups -OCH3 is 1. The minimum atomic E-state index is -0.831. The number of benzene rings is 1. The molecule has 0 saturated carbocycles. The van der Waals surface area contributed by atoms with E-state index in [-0.39, 0.29) is 6.42 Å². The van der Waals surface area contributed by atoms with Gasteiger partial charge in [-0.1, -0.05) is 6.92 Å². The number of ether oxygens (including phenoxy) is 1. The predicted molar refractivity (Wildman–Crippen MR) is 102 cm³/mol. The number of aryl methyl sites for hydroxylation is 2. The van der Waals surface area contributed by atoms with Gasteiger partial charge in [-0.25, -0.2) is 4.98 Å². The molecule has 1 N–H and O–H groups in total. The van der Waals surface area contributed by atoms with E-state index in [1.54, 1.807) is 18.4 Å². The van der Waals surface area contributed by atoms with E-state index in [2.05, 4.69) is 11.3 Å². The summed E-state index contributed by atoms with van der Waals surface area (Å²) < 4.78 is 7.45. The Morgan fingerprint density at radius 1 is 1.46 bits per heavy atom. The SMILES string of the molecule is COc1ccc(-c2nc3sc4c(n3c2CC(=O)O)CCC(C)C4)cc1C. The first-order valence-corrected chi connectivity index (χ1v) is 9.68. The smallest absolute Gasteiger partial charge is 0.309 e. The highest BCUT2D eigenvalue weighted by Gasteiger charge is 2.26. The molecule has 6 heteroatoms. The maximum Gasteiger partial charge on any atom is 0.309 e. The molecular formula is C20H22N2O3S. The molecule has 0 spiro atoms. The zero-order chi connectivity index (χ0) is 18.4. The van der Waals surface area contributed by atoms with E-state index in [4.69, 9.17) is 9.72 Å². The summed E-state index contributed by atoms with van der Waals surface area (Å²) in [5, 5.41) is 9.48. The standard InChI is InChI=1S/C20H22N2O3S/c1-11-4-6-14-17(8-11)26-20-21-19(15(22(14)20)10-18(23)24)13-5-7-16(25-3)12(2)9-13/h5,7,9,11H,4,6,8,10H2,1-3H3,(H,23,24). The lowest BCUT2D eigenvalue weighted by molar-refractivity contribution is -0.136. The normalized spacial score (nSPS) is 16.7. The maximum atomic E-state index is 11.5. The van der Waals surface area contributed by atoms with E-state index >= 15 is 0 Å². The van der Waals surface area contributed by atoms with Crippen molar-refractivity contribution in [2.24, 2.45) is 5.92 Å². The van der Waals surface area contributed by atoms with Crippen molar-refractivity contribution < 1.29 is 14.6 Å². The van der Waals surface area contributed by atoms with E-state index in [0.29, 0.717) is 5.92 Å². The number of nitrogens with zero attached hydrogens (tertiary/aromatic N) is 2. The van der Waals surface area contributed by atoms with Crippen LogP contribution in [0, 0.1) is 12.8 Å². The van der Waals surface area contributed by atoms with E-state index in [0.717, 1.165) is 52.5 Å². The Kier molecular flexibility index (Phi) is 4.23. The summed E-state index contributed by atoms with van der Waals surface area (Å²) in [7, 11) is 1.65. The van der Waals surface area contributed by atoms with Crippen LogP contribution in [0.3, 0.4) is 0 Å². The fourth-order valence-electron chi connectivity index (χ4n) is 3.85. The Morgan fingerprint density at radius 2 is 2.27 bits per heavy atom. The summed E-state index contributed by atoms with van der Waals surface area (Å²) in [6.07, 6.45) is 3.16. The zero-order valence-corrected chi connectivity index (χ0v) is 16.0. The van der Waals surface area contributed by atoms with Gasteiger partial charge < -0.3 is 9.84 Å². The van der Waals surface area contributed by atoms with Gasteiger partial charge in [-0.2, -0.15) is 0 Å². The maximum absolute atomic E-state index is 11.5. The Hall–Kier alpha value is -2.34. The molecule has 0 fully saturated rings. The molecule has 0 amide bonds. The monoisotopic (exact) mass is 370 g/mol. The third-order valence-electron chi connectivity index (χ3n) is 5.14. The van der Waals surface area contributed by atoms with Gasteiger partial charge in [-0.3, -0.25) is 9.20 Å². The summed E-state index contributed by atoms with van der Waals surface area (Å²) in [5.74, 6) is 0.667. The molecule has 26 heavy (non-hydrogen) atoms. The number of carboxylic acids is 1. The van der Waals surface area contributed by atoms with Crippen molar-refractivity contribution in [1.82, 2.24) is 9.38 Å². The molecule has 1 unspecified atom stereocenters. The van der Waals surface area contributed by atoms with Gasteiger partial charge in [0.05, 0.1) is 24.9 Å². The molecule has 1 atom stereocenters. The highest BCUT2D eigenvalue weighted by molar-refractivity contribution is 7.17. The number of carboxylic acid groups (broad SMARTS) is 1. The van der Waals surface area contributed by atoms with Gasteiger partial charge in [0.25, 0.3) is 0 Å². The topological polar surface area (TPSA) is 63.8 Å². The molecular weight excluding hydrogens is 348 g/mol. The summed E-state index contributed by atoms with van der Waals surface area (Å²) in [6, 6.07) is 5.89. The van der Waals surface area contributed by atoms with Crippen LogP contribution >= 0.6 is 11.3 Å². The number of hydrogen-bond donors (Lipinski definition) is 1. The number of rotatable bonds is 4. The van der Waals surface area contributed by atoms with Crippen LogP contribution in [0.4, 0.5) is 0 Å². The molecule has 1 aliphatic carbocycles. The minimum absolute atomic E-state index is 0.0275. The number of thiazole rings is 1. The van der Waals surface area contributed by atoms with Crippen LogP contribution < -0.4 is 4.74 Å². The van der Waals surface area contributed by atoms with Gasteiger partial charge in [0.2, 0.25) is 0 Å².